The number of hydrogen-bond donors (Lipinski definition) is 0. The van der Waals surface area contributed by atoms with Crippen molar-refractivity contribution in [2.75, 3.05) is 0 Å². The summed E-state index contributed by atoms with van der Waals surface area (Å²) in [5.74, 6) is -0.0427. The number of para-hydroxylation sites is 2. The van der Waals surface area contributed by atoms with Crippen LogP contribution in [0, 0.1) is 6.57 Å². The van der Waals surface area contributed by atoms with Crippen molar-refractivity contribution in [1.82, 2.24) is 4.57 Å². The molecule has 0 saturated carbocycles. The van der Waals surface area contributed by atoms with E-state index < -0.39 is 9.84 Å². The van der Waals surface area contributed by atoms with Crippen LogP contribution in [0.3, 0.4) is 0 Å². The first-order valence-corrected chi connectivity index (χ1v) is 16.6. The SMILES string of the molecule is [C-]#[N+]c1ccc2c(c1)c1ccccc1n2-c1ccc2c(c1)CS(=O)(=O)Cc1ccc(-c3ccc4oc5ccccc5c4c3)cc1-2. The van der Waals surface area contributed by atoms with Gasteiger partial charge in [0.25, 0.3) is 0 Å². The summed E-state index contributed by atoms with van der Waals surface area (Å²) in [6.45, 7) is 7.51. The molecule has 2 aromatic heterocycles. The van der Waals surface area contributed by atoms with Crippen LogP contribution in [0.4, 0.5) is 5.69 Å². The Morgan fingerprint density at radius 1 is 0.600 bits per heavy atom. The van der Waals surface area contributed by atoms with Crippen LogP contribution >= 0.6 is 0 Å². The molecule has 0 N–H and O–H groups in total. The van der Waals surface area contributed by atoms with E-state index in [2.05, 4.69) is 57.9 Å². The van der Waals surface area contributed by atoms with E-state index in [0.29, 0.717) is 5.69 Å². The molecular formula is C39H24N2O3S. The molecule has 214 valence electrons. The number of benzene rings is 6. The van der Waals surface area contributed by atoms with Gasteiger partial charge in [0.2, 0.25) is 0 Å². The number of nitrogens with zero attached hydrogens (tertiary/aromatic N) is 2. The summed E-state index contributed by atoms with van der Waals surface area (Å²) in [6.07, 6.45) is 0. The van der Waals surface area contributed by atoms with Gasteiger partial charge < -0.3 is 8.98 Å². The lowest BCUT2D eigenvalue weighted by molar-refractivity contribution is 0.595. The van der Waals surface area contributed by atoms with Crippen molar-refractivity contribution in [2.45, 2.75) is 11.5 Å². The third-order valence-electron chi connectivity index (χ3n) is 8.99. The topological polar surface area (TPSA) is 56.6 Å². The first-order chi connectivity index (χ1) is 22.0. The van der Waals surface area contributed by atoms with E-state index in [1.165, 1.54) is 0 Å². The number of fused-ring (bicyclic) bond motifs is 9. The van der Waals surface area contributed by atoms with Gasteiger partial charge in [0, 0.05) is 21.8 Å². The lowest BCUT2D eigenvalue weighted by Gasteiger charge is -2.14. The summed E-state index contributed by atoms with van der Waals surface area (Å²) < 4.78 is 35.1. The molecule has 3 heterocycles. The highest BCUT2D eigenvalue weighted by Gasteiger charge is 2.25. The van der Waals surface area contributed by atoms with Gasteiger partial charge in [-0.25, -0.2) is 13.3 Å². The molecule has 0 spiro atoms. The van der Waals surface area contributed by atoms with E-state index in [1.807, 2.05) is 72.8 Å². The lowest BCUT2D eigenvalue weighted by atomic mass is 9.92. The molecule has 6 aromatic carbocycles. The second kappa shape index (κ2) is 9.43. The molecule has 0 atom stereocenters. The van der Waals surface area contributed by atoms with Gasteiger partial charge in [-0.05, 0) is 93.4 Å². The van der Waals surface area contributed by atoms with Gasteiger partial charge in [-0.2, -0.15) is 0 Å². The number of furan rings is 1. The Morgan fingerprint density at radius 3 is 2.22 bits per heavy atom. The van der Waals surface area contributed by atoms with Crippen LogP contribution in [0.2, 0.25) is 0 Å². The normalized spacial score (nSPS) is 13.9. The van der Waals surface area contributed by atoms with Gasteiger partial charge in [0.1, 0.15) is 11.2 Å². The largest absolute Gasteiger partial charge is 0.456 e. The van der Waals surface area contributed by atoms with Gasteiger partial charge >= 0.3 is 0 Å². The fourth-order valence-electron chi connectivity index (χ4n) is 6.97. The summed E-state index contributed by atoms with van der Waals surface area (Å²) in [6, 6.07) is 40.4. The van der Waals surface area contributed by atoms with E-state index in [1.54, 1.807) is 0 Å². The molecule has 0 unspecified atom stereocenters. The Hall–Kier alpha value is -5.64. The first-order valence-electron chi connectivity index (χ1n) is 14.8. The summed E-state index contributed by atoms with van der Waals surface area (Å²) in [7, 11) is -3.40. The Labute approximate surface area is 259 Å². The monoisotopic (exact) mass is 600 g/mol. The van der Waals surface area contributed by atoms with Gasteiger partial charge in [-0.3, -0.25) is 0 Å². The molecule has 0 bridgehead atoms. The minimum atomic E-state index is -3.40. The van der Waals surface area contributed by atoms with Crippen LogP contribution in [0.15, 0.2) is 126 Å². The van der Waals surface area contributed by atoms with E-state index in [-0.39, 0.29) is 11.5 Å². The van der Waals surface area contributed by atoms with Crippen LogP contribution in [-0.2, 0) is 21.3 Å². The summed E-state index contributed by atoms with van der Waals surface area (Å²) in [5.41, 5.74) is 10.7. The molecule has 0 fully saturated rings. The van der Waals surface area contributed by atoms with Crippen molar-refractivity contribution >= 4 is 59.3 Å². The van der Waals surface area contributed by atoms with E-state index >= 15 is 0 Å². The van der Waals surface area contributed by atoms with Crippen molar-refractivity contribution in [3.8, 4) is 27.9 Å². The fraction of sp³-hybridized carbons (Fsp3) is 0.0513. The van der Waals surface area contributed by atoms with E-state index in [4.69, 9.17) is 11.0 Å². The molecule has 1 aliphatic heterocycles. The highest BCUT2D eigenvalue weighted by Crippen LogP contribution is 2.40. The predicted molar refractivity (Wildman–Crippen MR) is 182 cm³/mol. The molecule has 0 amide bonds. The highest BCUT2D eigenvalue weighted by atomic mass is 32.2. The number of aromatic nitrogens is 1. The third kappa shape index (κ3) is 4.02. The maximum atomic E-state index is 13.4. The second-order valence-electron chi connectivity index (χ2n) is 11.7. The van der Waals surface area contributed by atoms with Crippen LogP contribution in [-0.4, -0.2) is 13.0 Å². The van der Waals surface area contributed by atoms with Crippen molar-refractivity contribution in [2.24, 2.45) is 0 Å². The molecular weight excluding hydrogens is 577 g/mol. The summed E-state index contributed by atoms with van der Waals surface area (Å²) in [4.78, 5) is 3.64. The van der Waals surface area contributed by atoms with Crippen LogP contribution < -0.4 is 0 Å². The maximum absolute atomic E-state index is 13.4. The zero-order chi connectivity index (χ0) is 30.3. The molecule has 1 aliphatic rings. The predicted octanol–water partition coefficient (Wildman–Crippen LogP) is 10.00. The Balaban J connectivity index is 1.23. The average molecular weight is 601 g/mol. The standard InChI is InChI=1S/C39H24N2O3S/c1-40-28-13-16-37-34(21-28)31-6-2-4-8-36(31)41(37)29-14-15-30-27(18-29)23-45(42,43)22-26-11-10-24(19-33(26)30)25-12-17-39-35(20-25)32-7-3-5-9-38(32)44-39/h2-21H,22-23H2. The van der Waals surface area contributed by atoms with E-state index in [0.717, 1.165) is 82.8 Å². The molecule has 45 heavy (non-hydrogen) atoms. The molecule has 0 aliphatic carbocycles. The first kappa shape index (κ1) is 25.8. The molecule has 6 heteroatoms. The Kier molecular flexibility index (Phi) is 5.41. The summed E-state index contributed by atoms with van der Waals surface area (Å²) in [5, 5.41) is 4.18. The van der Waals surface area contributed by atoms with Crippen molar-refractivity contribution < 1.29 is 12.8 Å². The molecule has 0 saturated heterocycles. The average Bonchev–Trinajstić information content (AvgIpc) is 3.56. The number of rotatable bonds is 2. The van der Waals surface area contributed by atoms with Gasteiger partial charge in [-0.15, -0.1) is 0 Å². The Morgan fingerprint density at radius 2 is 1.33 bits per heavy atom. The van der Waals surface area contributed by atoms with Crippen molar-refractivity contribution in [1.29, 1.82) is 0 Å². The molecule has 5 nitrogen and oxygen atoms in total. The molecule has 8 aromatic rings. The second-order valence-corrected chi connectivity index (χ2v) is 13.8. The lowest BCUT2D eigenvalue weighted by Crippen LogP contribution is -2.06. The number of hydrogen-bond acceptors (Lipinski definition) is 3. The quantitative estimate of drug-likeness (QED) is 0.186. The van der Waals surface area contributed by atoms with Crippen molar-refractivity contribution in [3.63, 3.8) is 0 Å². The molecule has 0 radical (unpaired) electrons. The minimum absolute atomic E-state index is 0.00713. The van der Waals surface area contributed by atoms with Gasteiger partial charge in [0.05, 0.1) is 29.1 Å². The third-order valence-corrected chi connectivity index (χ3v) is 10.5. The van der Waals surface area contributed by atoms with Gasteiger partial charge in [-0.1, -0.05) is 66.7 Å². The van der Waals surface area contributed by atoms with Crippen molar-refractivity contribution in [3.05, 3.63) is 144 Å². The smallest absolute Gasteiger partial charge is 0.188 e. The highest BCUT2D eigenvalue weighted by molar-refractivity contribution is 7.89. The summed E-state index contributed by atoms with van der Waals surface area (Å²) >= 11 is 0. The zero-order valence-corrected chi connectivity index (χ0v) is 24.8. The Bertz CT molecular complexity index is 2690. The van der Waals surface area contributed by atoms with E-state index in [9.17, 15) is 8.42 Å². The number of sulfone groups is 1. The minimum Gasteiger partial charge on any atom is -0.456 e. The fourth-order valence-corrected chi connectivity index (χ4v) is 8.51. The van der Waals surface area contributed by atoms with Crippen LogP contribution in [0.25, 0.3) is 76.5 Å². The zero-order valence-electron chi connectivity index (χ0n) is 24.0. The van der Waals surface area contributed by atoms with Crippen LogP contribution in [0.5, 0.6) is 0 Å². The maximum Gasteiger partial charge on any atom is 0.188 e. The molecule has 9 rings (SSSR count). The van der Waals surface area contributed by atoms with Gasteiger partial charge in [0.15, 0.2) is 15.5 Å². The van der Waals surface area contributed by atoms with Crippen LogP contribution in [0.1, 0.15) is 11.1 Å².